The lowest BCUT2D eigenvalue weighted by molar-refractivity contribution is 0.0612. The smallest absolute Gasteiger partial charge is 0.274 e. The van der Waals surface area contributed by atoms with Gasteiger partial charge in [0.1, 0.15) is 0 Å². The van der Waals surface area contributed by atoms with E-state index in [1.807, 2.05) is 16.8 Å². The molecule has 5 nitrogen and oxygen atoms in total. The van der Waals surface area contributed by atoms with E-state index in [2.05, 4.69) is 19.1 Å². The lowest BCUT2D eigenvalue weighted by atomic mass is 10.1. The zero-order valence-electron chi connectivity index (χ0n) is 14.2. The van der Waals surface area contributed by atoms with Crippen molar-refractivity contribution >= 4 is 5.91 Å². The van der Waals surface area contributed by atoms with Gasteiger partial charge in [-0.1, -0.05) is 18.2 Å². The summed E-state index contributed by atoms with van der Waals surface area (Å²) in [7, 11) is 1.79. The number of likely N-dealkylation sites (N-methyl/N-ethyl adjacent to an activating group) is 1. The third-order valence-electron chi connectivity index (χ3n) is 5.61. The van der Waals surface area contributed by atoms with Gasteiger partial charge >= 0.3 is 0 Å². The summed E-state index contributed by atoms with van der Waals surface area (Å²) in [5.74, 6) is -0.0629. The second-order valence-corrected chi connectivity index (χ2v) is 7.07. The quantitative estimate of drug-likeness (QED) is 0.938. The molecule has 0 atom stereocenters. The first-order chi connectivity index (χ1) is 11.6. The van der Waals surface area contributed by atoms with E-state index in [1.54, 1.807) is 11.9 Å². The molecule has 1 heterocycles. The Morgan fingerprint density at radius 2 is 2.08 bits per heavy atom. The molecule has 1 aromatic carbocycles. The number of amides is 1. The molecule has 4 rings (SSSR count). The van der Waals surface area contributed by atoms with Crippen LogP contribution in [0.3, 0.4) is 0 Å². The molecular formula is C19H23N3O2. The average Bonchev–Trinajstić information content (AvgIpc) is 3.10. The molecule has 1 saturated carbocycles. The number of fused-ring (bicyclic) bond motifs is 1. The van der Waals surface area contributed by atoms with Crippen LogP contribution >= 0.6 is 0 Å². The van der Waals surface area contributed by atoms with Crippen LogP contribution in [0.4, 0.5) is 0 Å². The largest absolute Gasteiger partial charge is 0.394 e. The molecular weight excluding hydrogens is 302 g/mol. The predicted octanol–water partition coefficient (Wildman–Crippen LogP) is 2.27. The highest BCUT2D eigenvalue weighted by Crippen LogP contribution is 2.41. The molecule has 0 saturated heterocycles. The fourth-order valence-electron chi connectivity index (χ4n) is 3.73. The molecule has 1 amide bonds. The number of rotatable bonds is 4. The molecule has 1 N–H and O–H groups in total. The molecule has 1 fully saturated rings. The Labute approximate surface area is 141 Å². The number of aliphatic hydroxyl groups is 1. The van der Waals surface area contributed by atoms with Gasteiger partial charge in [0.05, 0.1) is 17.8 Å². The van der Waals surface area contributed by atoms with Gasteiger partial charge < -0.3 is 10.0 Å². The van der Waals surface area contributed by atoms with Crippen LogP contribution in [0.15, 0.2) is 24.3 Å². The monoisotopic (exact) mass is 325 g/mol. The summed E-state index contributed by atoms with van der Waals surface area (Å²) < 4.78 is 1.96. The SMILES string of the molecule is Cc1ccccc1-n1nc(C(=O)N(C)C2(CO)CC2)c2c1CCC2. The van der Waals surface area contributed by atoms with E-state index >= 15 is 0 Å². The van der Waals surface area contributed by atoms with E-state index in [1.165, 1.54) is 0 Å². The molecule has 24 heavy (non-hydrogen) atoms. The number of hydrogen-bond acceptors (Lipinski definition) is 3. The van der Waals surface area contributed by atoms with Crippen molar-refractivity contribution in [1.82, 2.24) is 14.7 Å². The van der Waals surface area contributed by atoms with Gasteiger partial charge in [-0.25, -0.2) is 4.68 Å². The van der Waals surface area contributed by atoms with Gasteiger partial charge in [-0.2, -0.15) is 5.10 Å². The number of aliphatic hydroxyl groups excluding tert-OH is 1. The standard InChI is InChI=1S/C19H23N3O2/c1-13-6-3-4-8-15(13)22-16-9-5-7-14(16)17(20-22)18(24)21(2)19(12-23)10-11-19/h3-4,6,8,23H,5,7,9-12H2,1-2H3. The Bertz CT molecular complexity index is 805. The first-order valence-corrected chi connectivity index (χ1v) is 8.63. The molecule has 2 aliphatic carbocycles. The van der Waals surface area contributed by atoms with E-state index in [0.717, 1.165) is 54.6 Å². The average molecular weight is 325 g/mol. The lowest BCUT2D eigenvalue weighted by Crippen LogP contribution is -2.42. The lowest BCUT2D eigenvalue weighted by Gasteiger charge is -2.25. The Hall–Kier alpha value is -2.14. The van der Waals surface area contributed by atoms with Crippen molar-refractivity contribution in [2.45, 2.75) is 44.6 Å². The van der Waals surface area contributed by atoms with Gasteiger partial charge in [0, 0.05) is 18.3 Å². The Morgan fingerprint density at radius 3 is 2.75 bits per heavy atom. The summed E-state index contributed by atoms with van der Waals surface area (Å²) in [6.45, 7) is 2.09. The number of aromatic nitrogens is 2. The molecule has 0 aliphatic heterocycles. The number of nitrogens with zero attached hydrogens (tertiary/aromatic N) is 3. The summed E-state index contributed by atoms with van der Waals surface area (Å²) in [5.41, 5.74) is 4.64. The summed E-state index contributed by atoms with van der Waals surface area (Å²) in [6, 6.07) is 8.14. The third-order valence-corrected chi connectivity index (χ3v) is 5.61. The van der Waals surface area contributed by atoms with Crippen LogP contribution in [-0.4, -0.2) is 44.9 Å². The van der Waals surface area contributed by atoms with Gasteiger partial charge in [0.25, 0.3) is 5.91 Å². The van der Waals surface area contributed by atoms with Gasteiger partial charge in [-0.15, -0.1) is 0 Å². The minimum Gasteiger partial charge on any atom is -0.394 e. The fraction of sp³-hybridized carbons (Fsp3) is 0.474. The van der Waals surface area contributed by atoms with Crippen LogP contribution in [0.1, 0.15) is 46.6 Å². The minimum absolute atomic E-state index is 0.0237. The van der Waals surface area contributed by atoms with E-state index in [4.69, 9.17) is 5.10 Å². The highest BCUT2D eigenvalue weighted by molar-refractivity contribution is 5.95. The zero-order chi connectivity index (χ0) is 16.9. The topological polar surface area (TPSA) is 58.4 Å². The molecule has 2 aliphatic rings. The van der Waals surface area contributed by atoms with E-state index < -0.39 is 0 Å². The van der Waals surface area contributed by atoms with Crippen LogP contribution in [0, 0.1) is 6.92 Å². The fourth-order valence-corrected chi connectivity index (χ4v) is 3.73. The van der Waals surface area contributed by atoms with E-state index in [-0.39, 0.29) is 18.1 Å². The highest BCUT2D eigenvalue weighted by Gasteiger charge is 2.49. The number of para-hydroxylation sites is 1. The summed E-state index contributed by atoms with van der Waals surface area (Å²) in [4.78, 5) is 14.7. The summed E-state index contributed by atoms with van der Waals surface area (Å²) >= 11 is 0. The summed E-state index contributed by atoms with van der Waals surface area (Å²) in [5, 5.41) is 14.3. The molecule has 0 bridgehead atoms. The van der Waals surface area contributed by atoms with Crippen LogP contribution in [0.25, 0.3) is 5.69 Å². The van der Waals surface area contributed by atoms with Crippen LogP contribution in [0.2, 0.25) is 0 Å². The number of carbonyl (C=O) groups excluding carboxylic acids is 1. The molecule has 0 radical (unpaired) electrons. The van der Waals surface area contributed by atoms with Crippen LogP contribution < -0.4 is 0 Å². The van der Waals surface area contributed by atoms with E-state index in [0.29, 0.717) is 5.69 Å². The Morgan fingerprint density at radius 1 is 1.33 bits per heavy atom. The molecule has 1 aromatic heterocycles. The molecule has 0 unspecified atom stereocenters. The van der Waals surface area contributed by atoms with Gasteiger partial charge in [-0.05, 0) is 50.7 Å². The highest BCUT2D eigenvalue weighted by atomic mass is 16.3. The third kappa shape index (κ3) is 2.18. The van der Waals surface area contributed by atoms with Crippen molar-refractivity contribution in [2.75, 3.05) is 13.7 Å². The van der Waals surface area contributed by atoms with Gasteiger partial charge in [-0.3, -0.25) is 4.79 Å². The summed E-state index contributed by atoms with van der Waals surface area (Å²) in [6.07, 6.45) is 4.66. The maximum absolute atomic E-state index is 13.0. The van der Waals surface area contributed by atoms with Crippen LogP contribution in [0.5, 0.6) is 0 Å². The normalized spacial score (nSPS) is 17.6. The van der Waals surface area contributed by atoms with Crippen molar-refractivity contribution in [3.63, 3.8) is 0 Å². The van der Waals surface area contributed by atoms with Crippen molar-refractivity contribution in [3.8, 4) is 5.69 Å². The minimum atomic E-state index is -0.366. The second-order valence-electron chi connectivity index (χ2n) is 7.07. The molecule has 126 valence electrons. The number of aryl methyl sites for hydroxylation is 1. The van der Waals surface area contributed by atoms with Gasteiger partial charge in [0.2, 0.25) is 0 Å². The van der Waals surface area contributed by atoms with Crippen molar-refractivity contribution in [2.24, 2.45) is 0 Å². The van der Waals surface area contributed by atoms with Crippen molar-refractivity contribution in [1.29, 1.82) is 0 Å². The first kappa shape index (κ1) is 15.4. The zero-order valence-corrected chi connectivity index (χ0v) is 14.2. The molecule has 0 spiro atoms. The van der Waals surface area contributed by atoms with Gasteiger partial charge in [0.15, 0.2) is 5.69 Å². The number of hydrogen-bond donors (Lipinski definition) is 1. The Kier molecular flexibility index (Phi) is 3.49. The number of benzene rings is 1. The predicted molar refractivity (Wildman–Crippen MR) is 91.5 cm³/mol. The van der Waals surface area contributed by atoms with E-state index in [9.17, 15) is 9.90 Å². The van der Waals surface area contributed by atoms with Crippen LogP contribution in [-0.2, 0) is 12.8 Å². The Balaban J connectivity index is 1.77. The maximum Gasteiger partial charge on any atom is 0.274 e. The second kappa shape index (κ2) is 5.45. The van der Waals surface area contributed by atoms with Crippen molar-refractivity contribution in [3.05, 3.63) is 46.8 Å². The van der Waals surface area contributed by atoms with Crippen molar-refractivity contribution < 1.29 is 9.90 Å². The number of carbonyl (C=O) groups is 1. The maximum atomic E-state index is 13.0. The first-order valence-electron chi connectivity index (χ1n) is 8.63. The molecule has 2 aromatic rings. The molecule has 5 heteroatoms.